The number of carboxylic acids is 1. The standard InChI is InChI=1S/C15H13BrFNO2/c1-9(10-2-4-11(16)5-3-10)18-12-6-7-13(15(19)20)14(17)8-12/h2-9,18H,1H3,(H,19,20). The van der Waals surface area contributed by atoms with Gasteiger partial charge >= 0.3 is 5.97 Å². The van der Waals surface area contributed by atoms with Crippen LogP contribution in [0.1, 0.15) is 28.9 Å². The maximum Gasteiger partial charge on any atom is 0.338 e. The summed E-state index contributed by atoms with van der Waals surface area (Å²) in [6.45, 7) is 1.95. The van der Waals surface area contributed by atoms with E-state index in [9.17, 15) is 9.18 Å². The molecular weight excluding hydrogens is 325 g/mol. The Kier molecular flexibility index (Phi) is 4.39. The smallest absolute Gasteiger partial charge is 0.338 e. The van der Waals surface area contributed by atoms with Gasteiger partial charge < -0.3 is 10.4 Å². The molecule has 0 amide bonds. The predicted molar refractivity (Wildman–Crippen MR) is 79.5 cm³/mol. The lowest BCUT2D eigenvalue weighted by Gasteiger charge is -2.16. The Morgan fingerprint density at radius 2 is 1.90 bits per heavy atom. The van der Waals surface area contributed by atoms with Gasteiger partial charge in [-0.2, -0.15) is 0 Å². The monoisotopic (exact) mass is 337 g/mol. The van der Waals surface area contributed by atoms with Crippen molar-refractivity contribution in [1.82, 2.24) is 0 Å². The molecule has 2 rings (SSSR count). The number of benzene rings is 2. The van der Waals surface area contributed by atoms with Crippen LogP contribution in [0, 0.1) is 5.82 Å². The van der Waals surface area contributed by atoms with Gasteiger partial charge in [-0.15, -0.1) is 0 Å². The number of carboxylic acid groups (broad SMARTS) is 1. The summed E-state index contributed by atoms with van der Waals surface area (Å²) in [6, 6.07) is 11.8. The van der Waals surface area contributed by atoms with Crippen LogP contribution in [-0.2, 0) is 0 Å². The van der Waals surface area contributed by atoms with Crippen molar-refractivity contribution < 1.29 is 14.3 Å². The molecule has 0 aliphatic rings. The van der Waals surface area contributed by atoms with E-state index in [1.807, 2.05) is 31.2 Å². The summed E-state index contributed by atoms with van der Waals surface area (Å²) in [5.41, 5.74) is 1.27. The zero-order valence-electron chi connectivity index (χ0n) is 10.7. The number of carbonyl (C=O) groups is 1. The summed E-state index contributed by atoms with van der Waals surface area (Å²) >= 11 is 3.37. The zero-order chi connectivity index (χ0) is 14.7. The molecule has 5 heteroatoms. The number of anilines is 1. The quantitative estimate of drug-likeness (QED) is 0.865. The first kappa shape index (κ1) is 14.5. The van der Waals surface area contributed by atoms with E-state index in [4.69, 9.17) is 5.11 Å². The fraction of sp³-hybridized carbons (Fsp3) is 0.133. The minimum Gasteiger partial charge on any atom is -0.478 e. The van der Waals surface area contributed by atoms with E-state index < -0.39 is 11.8 Å². The molecule has 1 atom stereocenters. The van der Waals surface area contributed by atoms with E-state index in [1.165, 1.54) is 12.1 Å². The summed E-state index contributed by atoms with van der Waals surface area (Å²) < 4.78 is 14.6. The van der Waals surface area contributed by atoms with Crippen LogP contribution in [0.25, 0.3) is 0 Å². The molecule has 2 aromatic carbocycles. The lowest BCUT2D eigenvalue weighted by molar-refractivity contribution is 0.0692. The highest BCUT2D eigenvalue weighted by Crippen LogP contribution is 2.22. The molecule has 20 heavy (non-hydrogen) atoms. The molecule has 2 N–H and O–H groups in total. The molecule has 0 heterocycles. The van der Waals surface area contributed by atoms with Crippen LogP contribution >= 0.6 is 15.9 Å². The number of rotatable bonds is 4. The third-order valence-electron chi connectivity index (χ3n) is 2.95. The first-order valence-electron chi connectivity index (χ1n) is 6.02. The van der Waals surface area contributed by atoms with Gasteiger partial charge in [-0.3, -0.25) is 0 Å². The highest BCUT2D eigenvalue weighted by molar-refractivity contribution is 9.10. The van der Waals surface area contributed by atoms with Crippen molar-refractivity contribution in [2.45, 2.75) is 13.0 Å². The highest BCUT2D eigenvalue weighted by atomic mass is 79.9. The summed E-state index contributed by atoms with van der Waals surface area (Å²) in [4.78, 5) is 10.7. The number of hydrogen-bond acceptors (Lipinski definition) is 2. The van der Waals surface area contributed by atoms with E-state index in [2.05, 4.69) is 21.2 Å². The third kappa shape index (κ3) is 3.36. The number of hydrogen-bond donors (Lipinski definition) is 2. The SMILES string of the molecule is CC(Nc1ccc(C(=O)O)c(F)c1)c1ccc(Br)cc1. The second-order valence-corrected chi connectivity index (χ2v) is 5.33. The fourth-order valence-corrected chi connectivity index (χ4v) is 2.13. The van der Waals surface area contributed by atoms with Crippen LogP contribution in [0.2, 0.25) is 0 Å². The van der Waals surface area contributed by atoms with Gasteiger partial charge in [-0.05, 0) is 42.8 Å². The molecule has 0 saturated heterocycles. The molecule has 0 aliphatic carbocycles. The predicted octanol–water partition coefficient (Wildman–Crippen LogP) is 4.46. The average molecular weight is 338 g/mol. The van der Waals surface area contributed by atoms with E-state index in [-0.39, 0.29) is 11.6 Å². The molecule has 0 radical (unpaired) electrons. The minimum absolute atomic E-state index is 0.0156. The molecule has 3 nitrogen and oxygen atoms in total. The Bertz CT molecular complexity index is 628. The molecule has 0 aromatic heterocycles. The second kappa shape index (κ2) is 6.05. The van der Waals surface area contributed by atoms with Crippen LogP contribution in [0.3, 0.4) is 0 Å². The van der Waals surface area contributed by atoms with Crippen molar-refractivity contribution in [3.05, 3.63) is 63.9 Å². The van der Waals surface area contributed by atoms with Crippen LogP contribution in [0.15, 0.2) is 46.9 Å². The Morgan fingerprint density at radius 3 is 2.45 bits per heavy atom. The summed E-state index contributed by atoms with van der Waals surface area (Å²) in [5, 5.41) is 11.9. The van der Waals surface area contributed by atoms with Crippen molar-refractivity contribution in [2.24, 2.45) is 0 Å². The lowest BCUT2D eigenvalue weighted by Crippen LogP contribution is -2.08. The van der Waals surface area contributed by atoms with Crippen molar-refractivity contribution in [3.63, 3.8) is 0 Å². The average Bonchev–Trinajstić information content (AvgIpc) is 2.39. The second-order valence-electron chi connectivity index (χ2n) is 4.42. The van der Waals surface area contributed by atoms with Gasteiger partial charge in [0.2, 0.25) is 0 Å². The van der Waals surface area contributed by atoms with Crippen molar-refractivity contribution in [1.29, 1.82) is 0 Å². The third-order valence-corrected chi connectivity index (χ3v) is 3.48. The van der Waals surface area contributed by atoms with Crippen molar-refractivity contribution in [2.75, 3.05) is 5.32 Å². The Balaban J connectivity index is 2.15. The van der Waals surface area contributed by atoms with Crippen molar-refractivity contribution >= 4 is 27.6 Å². The van der Waals surface area contributed by atoms with Gasteiger partial charge in [-0.25, -0.2) is 9.18 Å². The van der Waals surface area contributed by atoms with Crippen LogP contribution in [0.5, 0.6) is 0 Å². The zero-order valence-corrected chi connectivity index (χ0v) is 12.3. The van der Waals surface area contributed by atoms with Gasteiger partial charge in [0.15, 0.2) is 0 Å². The van der Waals surface area contributed by atoms with Crippen LogP contribution < -0.4 is 5.32 Å². The molecule has 1 unspecified atom stereocenters. The number of aromatic carboxylic acids is 1. The largest absolute Gasteiger partial charge is 0.478 e. The molecular formula is C15H13BrFNO2. The summed E-state index contributed by atoms with van der Waals surface area (Å²) in [6.07, 6.45) is 0. The minimum atomic E-state index is -1.27. The van der Waals surface area contributed by atoms with Gasteiger partial charge in [0, 0.05) is 16.2 Å². The fourth-order valence-electron chi connectivity index (χ4n) is 1.86. The van der Waals surface area contributed by atoms with E-state index >= 15 is 0 Å². The summed E-state index contributed by atoms with van der Waals surface area (Å²) in [7, 11) is 0. The molecule has 0 aliphatic heterocycles. The van der Waals surface area contributed by atoms with E-state index in [0.29, 0.717) is 5.69 Å². The molecule has 0 saturated carbocycles. The van der Waals surface area contributed by atoms with Gasteiger partial charge in [0.25, 0.3) is 0 Å². The van der Waals surface area contributed by atoms with E-state index in [0.717, 1.165) is 10.0 Å². The number of nitrogens with one attached hydrogen (secondary N) is 1. The van der Waals surface area contributed by atoms with Gasteiger partial charge in [-0.1, -0.05) is 28.1 Å². The maximum atomic E-state index is 13.6. The van der Waals surface area contributed by atoms with Gasteiger partial charge in [0.1, 0.15) is 5.82 Å². The Hall–Kier alpha value is -1.88. The summed E-state index contributed by atoms with van der Waals surface area (Å²) in [5.74, 6) is -2.01. The molecule has 0 spiro atoms. The van der Waals surface area contributed by atoms with Crippen LogP contribution in [-0.4, -0.2) is 11.1 Å². The van der Waals surface area contributed by atoms with Gasteiger partial charge in [0.05, 0.1) is 5.56 Å². The van der Waals surface area contributed by atoms with E-state index in [1.54, 1.807) is 6.07 Å². The molecule has 0 bridgehead atoms. The molecule has 2 aromatic rings. The van der Waals surface area contributed by atoms with Crippen molar-refractivity contribution in [3.8, 4) is 0 Å². The highest BCUT2D eigenvalue weighted by Gasteiger charge is 2.11. The topological polar surface area (TPSA) is 49.3 Å². The Morgan fingerprint density at radius 1 is 1.25 bits per heavy atom. The molecule has 0 fully saturated rings. The normalized spacial score (nSPS) is 11.9. The molecule has 104 valence electrons. The first-order chi connectivity index (χ1) is 9.47. The lowest BCUT2D eigenvalue weighted by atomic mass is 10.1. The number of halogens is 2. The van der Waals surface area contributed by atoms with Crippen LogP contribution in [0.4, 0.5) is 10.1 Å². The first-order valence-corrected chi connectivity index (χ1v) is 6.81. The maximum absolute atomic E-state index is 13.6. The Labute approximate surface area is 124 Å².